The molecule has 28 heavy (non-hydrogen) atoms. The smallest absolute Gasteiger partial charge is 0.265 e. The van der Waals surface area contributed by atoms with E-state index in [2.05, 4.69) is 5.32 Å². The fraction of sp³-hybridized carbons (Fsp3) is 0.364. The number of hydrogen-bond acceptors (Lipinski definition) is 4. The van der Waals surface area contributed by atoms with Crippen LogP contribution in [0.15, 0.2) is 48.5 Å². The first-order valence-corrected chi connectivity index (χ1v) is 9.58. The minimum atomic E-state index is -0.0992. The molecular weight excluding hydrogens is 356 g/mol. The Balaban J connectivity index is 1.63. The third kappa shape index (κ3) is 5.25. The molecular formula is C22H26N2O4. The van der Waals surface area contributed by atoms with Crippen molar-refractivity contribution in [2.24, 2.45) is 5.92 Å². The lowest BCUT2D eigenvalue weighted by Gasteiger charge is -2.30. The molecule has 6 heteroatoms. The van der Waals surface area contributed by atoms with Crippen LogP contribution in [0.2, 0.25) is 0 Å². The number of benzene rings is 2. The van der Waals surface area contributed by atoms with Gasteiger partial charge in [-0.1, -0.05) is 32.0 Å². The van der Waals surface area contributed by atoms with Crippen molar-refractivity contribution in [1.29, 1.82) is 0 Å². The fourth-order valence-electron chi connectivity index (χ4n) is 3.04. The van der Waals surface area contributed by atoms with Crippen LogP contribution in [0.1, 0.15) is 26.7 Å². The Labute approximate surface area is 165 Å². The number of amides is 2. The van der Waals surface area contributed by atoms with Crippen molar-refractivity contribution in [3.8, 4) is 11.5 Å². The maximum Gasteiger partial charge on any atom is 0.265 e. The molecule has 0 unspecified atom stereocenters. The summed E-state index contributed by atoms with van der Waals surface area (Å²) in [5.74, 6) is 1.60. The van der Waals surface area contributed by atoms with Gasteiger partial charge in [-0.15, -0.1) is 0 Å². The average Bonchev–Trinajstić information content (AvgIpc) is 2.66. The van der Waals surface area contributed by atoms with Gasteiger partial charge in [0.05, 0.1) is 12.3 Å². The van der Waals surface area contributed by atoms with Gasteiger partial charge in [0.2, 0.25) is 5.91 Å². The molecule has 3 rings (SSSR count). The zero-order chi connectivity index (χ0) is 19.9. The highest BCUT2D eigenvalue weighted by molar-refractivity contribution is 5.99. The summed E-state index contributed by atoms with van der Waals surface area (Å²) in [5, 5.41) is 2.89. The van der Waals surface area contributed by atoms with Gasteiger partial charge in [0.25, 0.3) is 5.91 Å². The molecule has 0 atom stereocenters. The second-order valence-electron chi connectivity index (χ2n) is 7.18. The first-order valence-electron chi connectivity index (χ1n) is 9.58. The second-order valence-corrected chi connectivity index (χ2v) is 7.18. The topological polar surface area (TPSA) is 67.9 Å². The van der Waals surface area contributed by atoms with Gasteiger partial charge in [0.1, 0.15) is 11.5 Å². The van der Waals surface area contributed by atoms with E-state index in [0.29, 0.717) is 43.1 Å². The number of carbonyl (C=O) groups excluding carboxylic acids is 2. The summed E-state index contributed by atoms with van der Waals surface area (Å²) in [4.78, 5) is 26.1. The highest BCUT2D eigenvalue weighted by atomic mass is 16.5. The van der Waals surface area contributed by atoms with Crippen LogP contribution < -0.4 is 19.7 Å². The summed E-state index contributed by atoms with van der Waals surface area (Å²) < 4.78 is 11.2. The molecule has 0 bridgehead atoms. The standard InChI is InChI=1S/C22H26N2O4/c1-16(2)13-21(25)23-17-9-10-20-19(14-17)24(22(26)15-28-20)11-6-12-27-18-7-4-3-5-8-18/h3-5,7-10,14,16H,6,11-13,15H2,1-2H3,(H,23,25). The monoisotopic (exact) mass is 382 g/mol. The molecule has 0 saturated carbocycles. The molecule has 2 aromatic rings. The average molecular weight is 382 g/mol. The number of anilines is 2. The summed E-state index contributed by atoms with van der Waals surface area (Å²) >= 11 is 0. The van der Waals surface area contributed by atoms with Crippen LogP contribution in [0, 0.1) is 5.92 Å². The first-order chi connectivity index (χ1) is 13.5. The molecule has 1 aliphatic rings. The van der Waals surface area contributed by atoms with E-state index < -0.39 is 0 Å². The van der Waals surface area contributed by atoms with E-state index in [9.17, 15) is 9.59 Å². The molecule has 1 heterocycles. The summed E-state index contributed by atoms with van der Waals surface area (Å²) in [7, 11) is 0. The Kier molecular flexibility index (Phi) is 6.53. The first kappa shape index (κ1) is 19.7. The summed E-state index contributed by atoms with van der Waals surface area (Å²) in [6.07, 6.45) is 1.14. The molecule has 0 saturated heterocycles. The van der Waals surface area contributed by atoms with Crippen molar-refractivity contribution in [2.45, 2.75) is 26.7 Å². The van der Waals surface area contributed by atoms with Crippen molar-refractivity contribution in [3.63, 3.8) is 0 Å². The number of carbonyl (C=O) groups is 2. The van der Waals surface area contributed by atoms with E-state index in [0.717, 1.165) is 5.75 Å². The lowest BCUT2D eigenvalue weighted by atomic mass is 10.1. The Hall–Kier alpha value is -3.02. The number of nitrogens with zero attached hydrogens (tertiary/aromatic N) is 1. The molecule has 0 aromatic heterocycles. The lowest BCUT2D eigenvalue weighted by molar-refractivity contribution is -0.121. The third-order valence-corrected chi connectivity index (χ3v) is 4.32. The van der Waals surface area contributed by atoms with Gasteiger partial charge < -0.3 is 19.7 Å². The van der Waals surface area contributed by atoms with Crippen LogP contribution in [-0.2, 0) is 9.59 Å². The Morgan fingerprint density at radius 1 is 1.21 bits per heavy atom. The molecule has 0 aliphatic carbocycles. The number of fused-ring (bicyclic) bond motifs is 1. The molecule has 148 valence electrons. The highest BCUT2D eigenvalue weighted by Gasteiger charge is 2.25. The van der Waals surface area contributed by atoms with Crippen LogP contribution in [0.4, 0.5) is 11.4 Å². The molecule has 0 spiro atoms. The van der Waals surface area contributed by atoms with Gasteiger partial charge in [-0.05, 0) is 42.7 Å². The molecule has 0 fully saturated rings. The minimum Gasteiger partial charge on any atom is -0.494 e. The number of hydrogen-bond donors (Lipinski definition) is 1. The summed E-state index contributed by atoms with van der Waals surface area (Å²) in [6, 6.07) is 15.0. The number of ether oxygens (including phenoxy) is 2. The zero-order valence-electron chi connectivity index (χ0n) is 16.3. The van der Waals surface area contributed by atoms with Crippen LogP contribution in [-0.4, -0.2) is 31.6 Å². The van der Waals surface area contributed by atoms with E-state index >= 15 is 0 Å². The van der Waals surface area contributed by atoms with E-state index in [1.54, 1.807) is 23.1 Å². The van der Waals surface area contributed by atoms with E-state index in [1.807, 2.05) is 44.2 Å². The maximum atomic E-state index is 12.4. The molecule has 2 amide bonds. The number of rotatable bonds is 8. The fourth-order valence-corrected chi connectivity index (χ4v) is 3.04. The third-order valence-electron chi connectivity index (χ3n) is 4.32. The summed E-state index contributed by atoms with van der Waals surface area (Å²) in [5.41, 5.74) is 1.34. The van der Waals surface area contributed by atoms with Crippen LogP contribution in [0.5, 0.6) is 11.5 Å². The van der Waals surface area contributed by atoms with Crippen molar-refractivity contribution in [2.75, 3.05) is 30.0 Å². The largest absolute Gasteiger partial charge is 0.494 e. The van der Waals surface area contributed by atoms with Crippen LogP contribution in [0.25, 0.3) is 0 Å². The van der Waals surface area contributed by atoms with E-state index in [4.69, 9.17) is 9.47 Å². The van der Waals surface area contributed by atoms with Crippen LogP contribution >= 0.6 is 0 Å². The lowest BCUT2D eigenvalue weighted by Crippen LogP contribution is -2.39. The van der Waals surface area contributed by atoms with Gasteiger partial charge in [-0.25, -0.2) is 0 Å². The van der Waals surface area contributed by atoms with E-state index in [-0.39, 0.29) is 24.3 Å². The van der Waals surface area contributed by atoms with Gasteiger partial charge >= 0.3 is 0 Å². The van der Waals surface area contributed by atoms with Crippen molar-refractivity contribution < 1.29 is 19.1 Å². The van der Waals surface area contributed by atoms with Crippen LogP contribution in [0.3, 0.4) is 0 Å². The van der Waals surface area contributed by atoms with Gasteiger partial charge in [-0.2, -0.15) is 0 Å². The number of para-hydroxylation sites is 1. The van der Waals surface area contributed by atoms with Crippen molar-refractivity contribution in [3.05, 3.63) is 48.5 Å². The summed E-state index contributed by atoms with van der Waals surface area (Å²) in [6.45, 7) is 5.04. The van der Waals surface area contributed by atoms with Gasteiger partial charge in [0, 0.05) is 18.7 Å². The zero-order valence-corrected chi connectivity index (χ0v) is 16.3. The molecule has 0 radical (unpaired) electrons. The quantitative estimate of drug-likeness (QED) is 0.704. The van der Waals surface area contributed by atoms with Gasteiger partial charge in [-0.3, -0.25) is 9.59 Å². The molecule has 1 N–H and O–H groups in total. The SMILES string of the molecule is CC(C)CC(=O)Nc1ccc2c(c1)N(CCCOc1ccccc1)C(=O)CO2. The normalized spacial score (nSPS) is 13.1. The Morgan fingerprint density at radius 2 is 2.00 bits per heavy atom. The van der Waals surface area contributed by atoms with Gasteiger partial charge in [0.15, 0.2) is 6.61 Å². The Bertz CT molecular complexity index is 821. The highest BCUT2D eigenvalue weighted by Crippen LogP contribution is 2.34. The predicted octanol–water partition coefficient (Wildman–Crippen LogP) is 3.87. The predicted molar refractivity (Wildman–Crippen MR) is 109 cm³/mol. The number of nitrogens with one attached hydrogen (secondary N) is 1. The van der Waals surface area contributed by atoms with Crippen molar-refractivity contribution >= 4 is 23.2 Å². The maximum absolute atomic E-state index is 12.4. The Morgan fingerprint density at radius 3 is 2.75 bits per heavy atom. The molecule has 2 aromatic carbocycles. The molecule has 6 nitrogen and oxygen atoms in total. The minimum absolute atomic E-state index is 0.0194. The van der Waals surface area contributed by atoms with E-state index in [1.165, 1.54) is 0 Å². The second kappa shape index (κ2) is 9.26. The molecule has 1 aliphatic heterocycles. The van der Waals surface area contributed by atoms with Crippen molar-refractivity contribution in [1.82, 2.24) is 0 Å².